The molecular weight excluding hydrogens is 256 g/mol. The quantitative estimate of drug-likeness (QED) is 0.648. The lowest BCUT2D eigenvalue weighted by atomic mass is 10.2. The highest BCUT2D eigenvalue weighted by molar-refractivity contribution is 7.80. The van der Waals surface area contributed by atoms with Crippen LogP contribution in [0.15, 0.2) is 30.6 Å². The molecule has 0 aliphatic heterocycles. The molecule has 0 aliphatic rings. The summed E-state index contributed by atoms with van der Waals surface area (Å²) in [6, 6.07) is 7.87. The van der Waals surface area contributed by atoms with Gasteiger partial charge in [0.2, 0.25) is 0 Å². The number of rotatable bonds is 5. The molecule has 100 valence electrons. The molecule has 2 aromatic rings. The fourth-order valence-corrected chi connectivity index (χ4v) is 2.03. The fourth-order valence-electron chi connectivity index (χ4n) is 1.83. The second-order valence-electron chi connectivity index (χ2n) is 4.33. The van der Waals surface area contributed by atoms with E-state index in [2.05, 4.69) is 27.5 Å². The van der Waals surface area contributed by atoms with Gasteiger partial charge in [0.15, 0.2) is 5.11 Å². The Morgan fingerprint density at radius 1 is 1.21 bits per heavy atom. The van der Waals surface area contributed by atoms with Gasteiger partial charge in [-0.1, -0.05) is 31.9 Å². The van der Waals surface area contributed by atoms with Gasteiger partial charge < -0.3 is 10.6 Å². The zero-order valence-electron chi connectivity index (χ0n) is 11.0. The maximum atomic E-state index is 5.27. The van der Waals surface area contributed by atoms with Gasteiger partial charge in [-0.15, -0.1) is 0 Å². The number of aromatic nitrogens is 2. The largest absolute Gasteiger partial charge is 0.362 e. The van der Waals surface area contributed by atoms with Gasteiger partial charge in [-0.2, -0.15) is 0 Å². The van der Waals surface area contributed by atoms with Crippen LogP contribution in [-0.2, 0) is 0 Å². The van der Waals surface area contributed by atoms with Gasteiger partial charge in [-0.25, -0.2) is 9.97 Å². The molecule has 1 aromatic heterocycles. The molecule has 0 atom stereocenters. The van der Waals surface area contributed by atoms with E-state index in [1.54, 1.807) is 6.33 Å². The summed E-state index contributed by atoms with van der Waals surface area (Å²) in [5.74, 6) is 0.749. The number of benzene rings is 1. The van der Waals surface area contributed by atoms with Crippen LogP contribution < -0.4 is 10.6 Å². The third-order valence-electron chi connectivity index (χ3n) is 2.84. The Hall–Kier alpha value is -1.75. The van der Waals surface area contributed by atoms with Crippen molar-refractivity contribution in [3.05, 3.63) is 30.6 Å². The summed E-state index contributed by atoms with van der Waals surface area (Å²) in [6.45, 7) is 3.08. The van der Waals surface area contributed by atoms with Crippen molar-refractivity contribution in [3.8, 4) is 0 Å². The van der Waals surface area contributed by atoms with Gasteiger partial charge in [0.25, 0.3) is 0 Å². The molecule has 2 N–H and O–H groups in total. The number of para-hydroxylation sites is 1. The minimum Gasteiger partial charge on any atom is -0.362 e. The molecule has 0 unspecified atom stereocenters. The zero-order chi connectivity index (χ0) is 13.5. The van der Waals surface area contributed by atoms with E-state index >= 15 is 0 Å². The number of unbranched alkanes of at least 4 members (excludes halogenated alkanes) is 2. The molecule has 19 heavy (non-hydrogen) atoms. The van der Waals surface area contributed by atoms with Crippen LogP contribution in [0.3, 0.4) is 0 Å². The normalized spacial score (nSPS) is 10.4. The summed E-state index contributed by atoms with van der Waals surface area (Å²) in [5, 5.41) is 7.91. The van der Waals surface area contributed by atoms with Crippen molar-refractivity contribution in [1.82, 2.24) is 15.3 Å². The lowest BCUT2D eigenvalue weighted by Gasteiger charge is -2.11. The van der Waals surface area contributed by atoms with Gasteiger partial charge in [0, 0.05) is 11.9 Å². The molecule has 5 heteroatoms. The Bertz CT molecular complexity index is 551. The predicted molar refractivity (Wildman–Crippen MR) is 83.3 cm³/mol. The number of nitrogens with one attached hydrogen (secondary N) is 2. The summed E-state index contributed by atoms with van der Waals surface area (Å²) in [7, 11) is 0. The predicted octanol–water partition coefficient (Wildman–Crippen LogP) is 3.11. The first-order chi connectivity index (χ1) is 9.31. The van der Waals surface area contributed by atoms with Crippen molar-refractivity contribution < 1.29 is 0 Å². The molecule has 0 fully saturated rings. The maximum Gasteiger partial charge on any atom is 0.171 e. The number of nitrogens with zero attached hydrogens (tertiary/aromatic N) is 2. The van der Waals surface area contributed by atoms with Crippen LogP contribution in [0.4, 0.5) is 5.82 Å². The Balaban J connectivity index is 1.99. The smallest absolute Gasteiger partial charge is 0.171 e. The SMILES string of the molecule is CCCCCNC(=S)Nc1ncnc2ccccc12. The Labute approximate surface area is 118 Å². The van der Waals surface area contributed by atoms with Crippen LogP contribution in [-0.4, -0.2) is 21.6 Å². The first-order valence-electron chi connectivity index (χ1n) is 6.56. The Morgan fingerprint density at radius 2 is 2.05 bits per heavy atom. The van der Waals surface area contributed by atoms with Crippen LogP contribution in [0, 0.1) is 0 Å². The average Bonchev–Trinajstić information content (AvgIpc) is 2.44. The van der Waals surface area contributed by atoms with Crippen molar-refractivity contribution in [2.75, 3.05) is 11.9 Å². The van der Waals surface area contributed by atoms with E-state index in [0.29, 0.717) is 5.11 Å². The number of anilines is 1. The third-order valence-corrected chi connectivity index (χ3v) is 3.09. The summed E-state index contributed by atoms with van der Waals surface area (Å²) in [5.41, 5.74) is 0.911. The highest BCUT2D eigenvalue weighted by Gasteiger charge is 2.04. The highest BCUT2D eigenvalue weighted by Crippen LogP contribution is 2.17. The van der Waals surface area contributed by atoms with Gasteiger partial charge in [-0.05, 0) is 30.8 Å². The van der Waals surface area contributed by atoms with Crippen molar-refractivity contribution >= 4 is 34.1 Å². The number of thiocarbonyl (C=S) groups is 1. The summed E-state index contributed by atoms with van der Waals surface area (Å²) in [6.07, 6.45) is 5.09. The monoisotopic (exact) mass is 274 g/mol. The van der Waals surface area contributed by atoms with Crippen LogP contribution >= 0.6 is 12.2 Å². The lowest BCUT2D eigenvalue weighted by molar-refractivity contribution is 0.698. The maximum absolute atomic E-state index is 5.27. The second kappa shape index (κ2) is 6.99. The molecule has 0 spiro atoms. The standard InChI is InChI=1S/C14H18N4S/c1-2-3-6-9-15-14(19)18-13-11-7-4-5-8-12(11)16-10-17-13/h4-5,7-8,10H,2-3,6,9H2,1H3,(H2,15,16,17,18,19). The molecule has 0 radical (unpaired) electrons. The van der Waals surface area contributed by atoms with Crippen LogP contribution in [0.25, 0.3) is 10.9 Å². The Kier molecular flexibility index (Phi) is 5.03. The van der Waals surface area contributed by atoms with E-state index in [0.717, 1.165) is 29.7 Å². The van der Waals surface area contributed by atoms with Gasteiger partial charge in [0.05, 0.1) is 5.52 Å². The van der Waals surface area contributed by atoms with Gasteiger partial charge >= 0.3 is 0 Å². The fraction of sp³-hybridized carbons (Fsp3) is 0.357. The number of hydrogen-bond acceptors (Lipinski definition) is 3. The molecule has 0 bridgehead atoms. The number of hydrogen-bond donors (Lipinski definition) is 2. The van der Waals surface area contributed by atoms with Crippen LogP contribution in [0.2, 0.25) is 0 Å². The summed E-state index contributed by atoms with van der Waals surface area (Å²) in [4.78, 5) is 8.46. The summed E-state index contributed by atoms with van der Waals surface area (Å²) < 4.78 is 0. The first kappa shape index (κ1) is 13.7. The van der Waals surface area contributed by atoms with E-state index in [9.17, 15) is 0 Å². The molecule has 0 aliphatic carbocycles. The molecule has 0 amide bonds. The van der Waals surface area contributed by atoms with Gasteiger partial charge in [0.1, 0.15) is 12.1 Å². The summed E-state index contributed by atoms with van der Waals surface area (Å²) >= 11 is 5.27. The first-order valence-corrected chi connectivity index (χ1v) is 6.96. The minimum atomic E-state index is 0.611. The van der Waals surface area contributed by atoms with Crippen molar-refractivity contribution in [2.45, 2.75) is 26.2 Å². The third kappa shape index (κ3) is 3.86. The average molecular weight is 274 g/mol. The zero-order valence-corrected chi connectivity index (χ0v) is 11.8. The topological polar surface area (TPSA) is 49.8 Å². The molecule has 0 saturated heterocycles. The van der Waals surface area contributed by atoms with E-state index in [1.807, 2.05) is 24.3 Å². The number of fused-ring (bicyclic) bond motifs is 1. The van der Waals surface area contributed by atoms with Crippen molar-refractivity contribution in [2.24, 2.45) is 0 Å². The van der Waals surface area contributed by atoms with E-state index in [-0.39, 0.29) is 0 Å². The second-order valence-corrected chi connectivity index (χ2v) is 4.74. The molecule has 0 saturated carbocycles. The van der Waals surface area contributed by atoms with Crippen LogP contribution in [0.1, 0.15) is 26.2 Å². The van der Waals surface area contributed by atoms with Gasteiger partial charge in [-0.3, -0.25) is 0 Å². The van der Waals surface area contributed by atoms with E-state index in [1.165, 1.54) is 12.8 Å². The molecule has 1 aromatic carbocycles. The van der Waals surface area contributed by atoms with Crippen LogP contribution in [0.5, 0.6) is 0 Å². The van der Waals surface area contributed by atoms with E-state index in [4.69, 9.17) is 12.2 Å². The van der Waals surface area contributed by atoms with Crippen molar-refractivity contribution in [3.63, 3.8) is 0 Å². The molecule has 2 rings (SSSR count). The van der Waals surface area contributed by atoms with E-state index < -0.39 is 0 Å². The highest BCUT2D eigenvalue weighted by atomic mass is 32.1. The molecule has 1 heterocycles. The molecule has 4 nitrogen and oxygen atoms in total. The minimum absolute atomic E-state index is 0.611. The van der Waals surface area contributed by atoms with Crippen molar-refractivity contribution in [1.29, 1.82) is 0 Å². The molecular formula is C14H18N4S. The lowest BCUT2D eigenvalue weighted by Crippen LogP contribution is -2.29. The Morgan fingerprint density at radius 3 is 2.89 bits per heavy atom.